The Kier molecular flexibility index (Phi) is 5.02. The predicted octanol–water partition coefficient (Wildman–Crippen LogP) is 4.78. The van der Waals surface area contributed by atoms with Crippen molar-refractivity contribution in [1.82, 2.24) is 0 Å². The van der Waals surface area contributed by atoms with Crippen LogP contribution in [0.1, 0.15) is 37.0 Å². The van der Waals surface area contributed by atoms with E-state index in [0.29, 0.717) is 17.2 Å². The van der Waals surface area contributed by atoms with Crippen LogP contribution in [0, 0.1) is 0 Å². The first-order valence-corrected chi connectivity index (χ1v) is 7.51. The largest absolute Gasteiger partial charge is 0.478 e. The van der Waals surface area contributed by atoms with Gasteiger partial charge in [-0.25, -0.2) is 4.79 Å². The van der Waals surface area contributed by atoms with Crippen molar-refractivity contribution < 1.29 is 14.6 Å². The van der Waals surface area contributed by atoms with Crippen LogP contribution in [0.5, 0.6) is 5.75 Å². The molecular formula is C17H17BrO3. The van der Waals surface area contributed by atoms with Crippen LogP contribution in [0.25, 0.3) is 0 Å². The third-order valence-electron chi connectivity index (χ3n) is 3.18. The summed E-state index contributed by atoms with van der Waals surface area (Å²) >= 11 is 3.34. The average molecular weight is 349 g/mol. The standard InChI is InChI=1S/C17H17BrO3/c1-11(2)13-4-3-5-15(10-13)21-16(17(19)20)12-6-8-14(18)9-7-12/h3-11,16H,1-2H3,(H,19,20). The fraction of sp³-hybridized carbons (Fsp3) is 0.235. The molecule has 110 valence electrons. The Balaban J connectivity index is 2.26. The number of hydrogen-bond acceptors (Lipinski definition) is 2. The maximum atomic E-state index is 11.5. The molecule has 21 heavy (non-hydrogen) atoms. The molecule has 0 spiro atoms. The lowest BCUT2D eigenvalue weighted by molar-refractivity contribution is -0.145. The summed E-state index contributed by atoms with van der Waals surface area (Å²) in [6.45, 7) is 4.17. The van der Waals surface area contributed by atoms with Crippen LogP contribution in [0.15, 0.2) is 53.0 Å². The normalized spacial score (nSPS) is 12.2. The summed E-state index contributed by atoms with van der Waals surface area (Å²) in [6.07, 6.45) is -1.01. The quantitative estimate of drug-likeness (QED) is 0.845. The average Bonchev–Trinajstić information content (AvgIpc) is 2.46. The van der Waals surface area contributed by atoms with Gasteiger partial charge in [-0.2, -0.15) is 0 Å². The molecule has 0 heterocycles. The Morgan fingerprint density at radius 2 is 1.76 bits per heavy atom. The highest BCUT2D eigenvalue weighted by Crippen LogP contribution is 2.26. The molecule has 1 atom stereocenters. The number of carbonyl (C=O) groups is 1. The molecule has 0 radical (unpaired) electrons. The molecule has 1 N–H and O–H groups in total. The van der Waals surface area contributed by atoms with Gasteiger partial charge in [0, 0.05) is 10.0 Å². The van der Waals surface area contributed by atoms with E-state index in [4.69, 9.17) is 4.74 Å². The first-order chi connectivity index (χ1) is 9.97. The summed E-state index contributed by atoms with van der Waals surface area (Å²) in [5.41, 5.74) is 1.73. The van der Waals surface area contributed by atoms with Crippen LogP contribution in [0.4, 0.5) is 0 Å². The Bertz CT molecular complexity index is 620. The second-order valence-electron chi connectivity index (χ2n) is 5.11. The number of carboxylic acid groups (broad SMARTS) is 1. The second-order valence-corrected chi connectivity index (χ2v) is 6.03. The first-order valence-electron chi connectivity index (χ1n) is 6.72. The minimum atomic E-state index is -1.01. The zero-order valence-corrected chi connectivity index (χ0v) is 13.5. The summed E-state index contributed by atoms with van der Waals surface area (Å²) < 4.78 is 6.58. The van der Waals surface area contributed by atoms with Crippen molar-refractivity contribution in [3.05, 3.63) is 64.1 Å². The van der Waals surface area contributed by atoms with Crippen molar-refractivity contribution in [2.45, 2.75) is 25.9 Å². The van der Waals surface area contributed by atoms with Crippen LogP contribution >= 0.6 is 15.9 Å². The Morgan fingerprint density at radius 3 is 2.33 bits per heavy atom. The molecule has 0 fully saturated rings. The molecular weight excluding hydrogens is 332 g/mol. The summed E-state index contributed by atoms with van der Waals surface area (Å²) in [6, 6.07) is 14.7. The number of hydrogen-bond donors (Lipinski definition) is 1. The molecule has 3 nitrogen and oxygen atoms in total. The van der Waals surface area contributed by atoms with E-state index in [1.165, 1.54) is 0 Å². The summed E-state index contributed by atoms with van der Waals surface area (Å²) in [4.78, 5) is 11.5. The SMILES string of the molecule is CC(C)c1cccc(OC(C(=O)O)c2ccc(Br)cc2)c1. The molecule has 4 heteroatoms. The van der Waals surface area contributed by atoms with E-state index >= 15 is 0 Å². The van der Waals surface area contributed by atoms with Crippen LogP contribution in [0.2, 0.25) is 0 Å². The topological polar surface area (TPSA) is 46.5 Å². The van der Waals surface area contributed by atoms with Gasteiger partial charge in [-0.1, -0.05) is 54.0 Å². The van der Waals surface area contributed by atoms with Gasteiger partial charge in [-0.05, 0) is 35.7 Å². The van der Waals surface area contributed by atoms with Gasteiger partial charge < -0.3 is 9.84 Å². The summed E-state index contributed by atoms with van der Waals surface area (Å²) in [5, 5.41) is 9.40. The van der Waals surface area contributed by atoms with Gasteiger partial charge in [-0.3, -0.25) is 0 Å². The second kappa shape index (κ2) is 6.76. The van der Waals surface area contributed by atoms with E-state index in [0.717, 1.165) is 10.0 Å². The van der Waals surface area contributed by atoms with E-state index in [1.807, 2.05) is 18.2 Å². The molecule has 2 aromatic carbocycles. The zero-order valence-electron chi connectivity index (χ0n) is 11.9. The van der Waals surface area contributed by atoms with Crippen molar-refractivity contribution in [3.8, 4) is 5.75 Å². The lowest BCUT2D eigenvalue weighted by Crippen LogP contribution is -2.18. The molecule has 1 unspecified atom stereocenters. The number of benzene rings is 2. The number of rotatable bonds is 5. The molecule has 0 saturated heterocycles. The van der Waals surface area contributed by atoms with Crippen molar-refractivity contribution in [2.75, 3.05) is 0 Å². The Morgan fingerprint density at radius 1 is 1.10 bits per heavy atom. The maximum absolute atomic E-state index is 11.5. The fourth-order valence-corrected chi connectivity index (χ4v) is 2.25. The number of carboxylic acids is 1. The number of aliphatic carboxylic acids is 1. The Labute approximate surface area is 132 Å². The highest BCUT2D eigenvalue weighted by atomic mass is 79.9. The van der Waals surface area contributed by atoms with Crippen LogP contribution < -0.4 is 4.74 Å². The van der Waals surface area contributed by atoms with Gasteiger partial charge in [-0.15, -0.1) is 0 Å². The minimum Gasteiger partial charge on any atom is -0.478 e. The van der Waals surface area contributed by atoms with E-state index in [-0.39, 0.29) is 0 Å². The summed E-state index contributed by atoms with van der Waals surface area (Å²) in [5.74, 6) is -0.0756. The van der Waals surface area contributed by atoms with E-state index in [1.54, 1.807) is 30.3 Å². The van der Waals surface area contributed by atoms with Gasteiger partial charge in [0.1, 0.15) is 5.75 Å². The van der Waals surface area contributed by atoms with Crippen LogP contribution in [0.3, 0.4) is 0 Å². The number of ether oxygens (including phenoxy) is 1. The van der Waals surface area contributed by atoms with Crippen molar-refractivity contribution in [1.29, 1.82) is 0 Å². The highest BCUT2D eigenvalue weighted by molar-refractivity contribution is 9.10. The van der Waals surface area contributed by atoms with E-state index < -0.39 is 12.1 Å². The highest BCUT2D eigenvalue weighted by Gasteiger charge is 2.22. The van der Waals surface area contributed by atoms with Crippen LogP contribution in [-0.2, 0) is 4.79 Å². The van der Waals surface area contributed by atoms with Crippen molar-refractivity contribution >= 4 is 21.9 Å². The molecule has 0 bridgehead atoms. The van der Waals surface area contributed by atoms with Gasteiger partial charge in [0.05, 0.1) is 0 Å². The zero-order chi connectivity index (χ0) is 15.4. The molecule has 0 aliphatic heterocycles. The lowest BCUT2D eigenvalue weighted by atomic mass is 10.0. The molecule has 2 rings (SSSR count). The minimum absolute atomic E-state index is 0.365. The molecule has 2 aromatic rings. The lowest BCUT2D eigenvalue weighted by Gasteiger charge is -2.17. The molecule has 0 aliphatic rings. The molecule has 0 aliphatic carbocycles. The molecule has 0 saturated carbocycles. The van der Waals surface area contributed by atoms with Crippen LogP contribution in [-0.4, -0.2) is 11.1 Å². The molecule has 0 aromatic heterocycles. The van der Waals surface area contributed by atoms with Crippen molar-refractivity contribution in [3.63, 3.8) is 0 Å². The van der Waals surface area contributed by atoms with Crippen molar-refractivity contribution in [2.24, 2.45) is 0 Å². The first kappa shape index (κ1) is 15.6. The smallest absolute Gasteiger partial charge is 0.349 e. The maximum Gasteiger partial charge on any atom is 0.349 e. The Hall–Kier alpha value is -1.81. The van der Waals surface area contributed by atoms with Gasteiger partial charge >= 0.3 is 5.97 Å². The van der Waals surface area contributed by atoms with Gasteiger partial charge in [0.25, 0.3) is 0 Å². The molecule has 0 amide bonds. The van der Waals surface area contributed by atoms with Gasteiger partial charge in [0.15, 0.2) is 0 Å². The van der Waals surface area contributed by atoms with Gasteiger partial charge in [0.2, 0.25) is 6.10 Å². The predicted molar refractivity (Wildman–Crippen MR) is 85.7 cm³/mol. The monoisotopic (exact) mass is 348 g/mol. The summed E-state index contributed by atoms with van der Waals surface area (Å²) in [7, 11) is 0. The fourth-order valence-electron chi connectivity index (χ4n) is 1.98. The number of halogens is 1. The van der Waals surface area contributed by atoms with E-state index in [2.05, 4.69) is 29.8 Å². The third kappa shape index (κ3) is 4.08. The van der Waals surface area contributed by atoms with E-state index in [9.17, 15) is 9.90 Å². The third-order valence-corrected chi connectivity index (χ3v) is 3.70.